The van der Waals surface area contributed by atoms with Crippen LogP contribution in [0, 0.1) is 0 Å². The van der Waals surface area contributed by atoms with Crippen molar-refractivity contribution < 1.29 is 9.59 Å². The summed E-state index contributed by atoms with van der Waals surface area (Å²) in [5.41, 5.74) is 0.225. The van der Waals surface area contributed by atoms with Crippen molar-refractivity contribution in [2.24, 2.45) is 0 Å². The molecule has 1 fully saturated rings. The summed E-state index contributed by atoms with van der Waals surface area (Å²) in [4.78, 5) is 29.2. The van der Waals surface area contributed by atoms with Gasteiger partial charge in [-0.2, -0.15) is 4.80 Å². The Morgan fingerprint density at radius 2 is 1.87 bits per heavy atom. The van der Waals surface area contributed by atoms with Crippen molar-refractivity contribution in [2.45, 2.75) is 84.0 Å². The Morgan fingerprint density at radius 1 is 1.23 bits per heavy atom. The Morgan fingerprint density at radius 3 is 2.45 bits per heavy atom. The normalized spacial score (nSPS) is 15.6. The number of halogens is 1. The van der Waals surface area contributed by atoms with Gasteiger partial charge in [0.15, 0.2) is 0 Å². The van der Waals surface area contributed by atoms with Gasteiger partial charge in [0.1, 0.15) is 12.6 Å². The molecular weight excluding hydrogens is 416 g/mol. The van der Waals surface area contributed by atoms with Crippen LogP contribution in [0.5, 0.6) is 0 Å². The number of tetrazole rings is 1. The minimum absolute atomic E-state index is 0.0916. The second kappa shape index (κ2) is 9.77. The van der Waals surface area contributed by atoms with E-state index >= 15 is 0 Å². The Kier molecular flexibility index (Phi) is 7.30. The fourth-order valence-corrected chi connectivity index (χ4v) is 4.22. The zero-order valence-electron chi connectivity index (χ0n) is 18.6. The van der Waals surface area contributed by atoms with Crippen LogP contribution in [-0.4, -0.2) is 54.5 Å². The largest absolute Gasteiger partial charge is 0.352 e. The van der Waals surface area contributed by atoms with E-state index < -0.39 is 11.6 Å². The highest BCUT2D eigenvalue weighted by molar-refractivity contribution is 6.30. The summed E-state index contributed by atoms with van der Waals surface area (Å²) in [5, 5.41) is 16.2. The first-order valence-corrected chi connectivity index (χ1v) is 11.2. The number of nitrogens with zero attached hydrogens (tertiary/aromatic N) is 5. The average molecular weight is 447 g/mol. The third kappa shape index (κ3) is 5.81. The fraction of sp³-hybridized carbons (Fsp3) is 0.591. The van der Waals surface area contributed by atoms with E-state index in [4.69, 9.17) is 11.6 Å². The van der Waals surface area contributed by atoms with Gasteiger partial charge in [0.2, 0.25) is 17.6 Å². The number of benzene rings is 1. The Balaban J connectivity index is 1.75. The number of hydrogen-bond donors (Lipinski definition) is 1. The van der Waals surface area contributed by atoms with Crippen molar-refractivity contribution in [3.05, 3.63) is 29.3 Å². The maximum Gasteiger partial charge on any atom is 0.247 e. The third-order valence-corrected chi connectivity index (χ3v) is 5.78. The van der Waals surface area contributed by atoms with E-state index in [0.717, 1.165) is 31.2 Å². The number of rotatable bonds is 7. The Hall–Kier alpha value is -2.48. The second-order valence-electron chi connectivity index (χ2n) is 9.00. The van der Waals surface area contributed by atoms with Gasteiger partial charge in [-0.25, -0.2) is 0 Å². The molecule has 1 atom stereocenters. The van der Waals surface area contributed by atoms with E-state index in [1.807, 2.05) is 27.7 Å². The molecule has 2 amide bonds. The van der Waals surface area contributed by atoms with Gasteiger partial charge in [0.25, 0.3) is 0 Å². The summed E-state index contributed by atoms with van der Waals surface area (Å²) in [6, 6.07) is 6.75. The van der Waals surface area contributed by atoms with Crippen LogP contribution in [-0.2, 0) is 16.1 Å². The zero-order valence-corrected chi connectivity index (χ0v) is 19.4. The van der Waals surface area contributed by atoms with Gasteiger partial charge in [-0.3, -0.25) is 9.59 Å². The number of nitrogens with one attached hydrogen (secondary N) is 1. The summed E-state index contributed by atoms with van der Waals surface area (Å²) >= 11 is 5.93. The highest BCUT2D eigenvalue weighted by Crippen LogP contribution is 2.23. The molecule has 1 heterocycles. The lowest BCUT2D eigenvalue weighted by atomic mass is 10.00. The Labute approximate surface area is 188 Å². The molecule has 0 radical (unpaired) electrons. The average Bonchev–Trinajstić information content (AvgIpc) is 3.37. The molecule has 8 nitrogen and oxygen atoms in total. The molecule has 3 rings (SSSR count). The van der Waals surface area contributed by atoms with E-state index in [-0.39, 0.29) is 24.4 Å². The van der Waals surface area contributed by atoms with Gasteiger partial charge in [-0.05, 0) is 69.5 Å². The fourth-order valence-electron chi connectivity index (χ4n) is 4.09. The van der Waals surface area contributed by atoms with Crippen LogP contribution in [0.2, 0.25) is 5.02 Å². The van der Waals surface area contributed by atoms with Crippen molar-refractivity contribution in [3.8, 4) is 11.4 Å². The molecule has 0 saturated heterocycles. The third-order valence-electron chi connectivity index (χ3n) is 5.53. The van der Waals surface area contributed by atoms with E-state index in [1.165, 1.54) is 4.80 Å². The first kappa shape index (κ1) is 23.2. The highest BCUT2D eigenvalue weighted by Gasteiger charge is 2.37. The molecule has 1 saturated carbocycles. The van der Waals surface area contributed by atoms with Crippen LogP contribution in [0.4, 0.5) is 0 Å². The first-order valence-electron chi connectivity index (χ1n) is 10.9. The van der Waals surface area contributed by atoms with E-state index in [9.17, 15) is 9.59 Å². The summed E-state index contributed by atoms with van der Waals surface area (Å²) in [6.45, 7) is 7.64. The summed E-state index contributed by atoms with van der Waals surface area (Å²) in [6.07, 6.45) is 4.81. The zero-order chi connectivity index (χ0) is 22.6. The molecule has 168 valence electrons. The van der Waals surface area contributed by atoms with Gasteiger partial charge in [-0.1, -0.05) is 31.4 Å². The molecule has 2 aromatic rings. The van der Waals surface area contributed by atoms with Gasteiger partial charge in [0.05, 0.1) is 0 Å². The van der Waals surface area contributed by atoms with Crippen LogP contribution < -0.4 is 5.32 Å². The number of hydrogen-bond acceptors (Lipinski definition) is 5. The minimum atomic E-state index is -0.549. The number of carbonyl (C=O) groups is 2. The summed E-state index contributed by atoms with van der Waals surface area (Å²) < 4.78 is 0. The summed E-state index contributed by atoms with van der Waals surface area (Å²) in [5.74, 6) is 0.102. The lowest BCUT2D eigenvalue weighted by Gasteiger charge is -2.41. The molecule has 1 aliphatic rings. The van der Waals surface area contributed by atoms with E-state index in [0.29, 0.717) is 17.3 Å². The van der Waals surface area contributed by atoms with Crippen LogP contribution >= 0.6 is 11.6 Å². The lowest BCUT2D eigenvalue weighted by Crippen LogP contribution is -2.58. The van der Waals surface area contributed by atoms with Gasteiger partial charge >= 0.3 is 0 Å². The molecule has 9 heteroatoms. The van der Waals surface area contributed by atoms with Gasteiger partial charge < -0.3 is 10.2 Å². The molecule has 1 N–H and O–H groups in total. The molecular formula is C22H31ClN6O2. The molecule has 0 bridgehead atoms. The molecule has 31 heavy (non-hydrogen) atoms. The standard InChI is InChI=1S/C22H31ClN6O2/c1-5-18(21(31)24-17-8-6-7-9-17)29(22(2,3)4)19(30)14-28-26-20(25-27-28)15-10-12-16(23)13-11-15/h10-13,17-18H,5-9,14H2,1-4H3,(H,24,31). The van der Waals surface area contributed by atoms with E-state index in [2.05, 4.69) is 20.7 Å². The summed E-state index contributed by atoms with van der Waals surface area (Å²) in [7, 11) is 0. The predicted molar refractivity (Wildman–Crippen MR) is 119 cm³/mol. The molecule has 1 unspecified atom stereocenters. The van der Waals surface area contributed by atoms with Gasteiger partial charge in [0, 0.05) is 22.2 Å². The number of amides is 2. The molecule has 1 aliphatic carbocycles. The van der Waals surface area contributed by atoms with Crippen molar-refractivity contribution >= 4 is 23.4 Å². The van der Waals surface area contributed by atoms with E-state index in [1.54, 1.807) is 29.2 Å². The molecule has 1 aromatic carbocycles. The predicted octanol–water partition coefficient (Wildman–Crippen LogP) is 3.46. The topological polar surface area (TPSA) is 93.0 Å². The SMILES string of the molecule is CCC(C(=O)NC1CCCC1)N(C(=O)Cn1nnc(-c2ccc(Cl)cc2)n1)C(C)(C)C. The van der Waals surface area contributed by atoms with Crippen LogP contribution in [0.3, 0.4) is 0 Å². The monoisotopic (exact) mass is 446 g/mol. The van der Waals surface area contributed by atoms with Crippen molar-refractivity contribution in [1.29, 1.82) is 0 Å². The Bertz CT molecular complexity index is 899. The maximum atomic E-state index is 13.3. The molecule has 0 spiro atoms. The highest BCUT2D eigenvalue weighted by atomic mass is 35.5. The number of aromatic nitrogens is 4. The second-order valence-corrected chi connectivity index (χ2v) is 9.44. The minimum Gasteiger partial charge on any atom is -0.352 e. The van der Waals surface area contributed by atoms with Crippen LogP contribution in [0.25, 0.3) is 11.4 Å². The van der Waals surface area contributed by atoms with Crippen molar-refractivity contribution in [3.63, 3.8) is 0 Å². The quantitative estimate of drug-likeness (QED) is 0.703. The van der Waals surface area contributed by atoms with Crippen molar-refractivity contribution in [2.75, 3.05) is 0 Å². The molecule has 0 aliphatic heterocycles. The lowest BCUT2D eigenvalue weighted by molar-refractivity contribution is -0.147. The van der Waals surface area contributed by atoms with Crippen LogP contribution in [0.1, 0.15) is 59.8 Å². The van der Waals surface area contributed by atoms with Crippen LogP contribution in [0.15, 0.2) is 24.3 Å². The maximum absolute atomic E-state index is 13.3. The van der Waals surface area contributed by atoms with Gasteiger partial charge in [-0.15, -0.1) is 10.2 Å². The smallest absolute Gasteiger partial charge is 0.247 e. The van der Waals surface area contributed by atoms with Crippen molar-refractivity contribution in [1.82, 2.24) is 30.4 Å². The molecule has 1 aromatic heterocycles. The number of carbonyl (C=O) groups excluding carboxylic acids is 2. The first-order chi connectivity index (χ1) is 14.7.